The Hall–Kier alpha value is -3.55. The summed E-state index contributed by atoms with van der Waals surface area (Å²) in [6.07, 6.45) is 0. The third kappa shape index (κ3) is 5.53. The summed E-state index contributed by atoms with van der Waals surface area (Å²) < 4.78 is 5.04. The lowest BCUT2D eigenvalue weighted by molar-refractivity contribution is 0.0847. The van der Waals surface area contributed by atoms with E-state index in [4.69, 9.17) is 27.9 Å². The molecular weight excluding hydrogens is 441 g/mol. The Bertz CT molecular complexity index is 1130. The SMILES string of the molecule is COc1ccc(C(=O)NNC(=O)c2ccccc2NC(=O)c2ccc(Cl)cc2Cl)cc1. The molecule has 0 aliphatic rings. The fraction of sp³-hybridized carbons (Fsp3) is 0.0455. The van der Waals surface area contributed by atoms with Crippen LogP contribution in [0.15, 0.2) is 66.7 Å². The van der Waals surface area contributed by atoms with Gasteiger partial charge in [0.15, 0.2) is 0 Å². The first-order valence-corrected chi connectivity index (χ1v) is 9.75. The molecular formula is C22H17Cl2N3O4. The topological polar surface area (TPSA) is 96.5 Å². The van der Waals surface area contributed by atoms with Crippen molar-refractivity contribution in [3.63, 3.8) is 0 Å². The van der Waals surface area contributed by atoms with E-state index in [0.717, 1.165) is 0 Å². The highest BCUT2D eigenvalue weighted by Gasteiger charge is 2.17. The van der Waals surface area contributed by atoms with Crippen LogP contribution in [0.25, 0.3) is 0 Å². The van der Waals surface area contributed by atoms with Gasteiger partial charge in [0.05, 0.1) is 28.9 Å². The zero-order valence-corrected chi connectivity index (χ0v) is 17.8. The number of carbonyl (C=O) groups is 3. The average Bonchev–Trinajstić information content (AvgIpc) is 2.77. The Kier molecular flexibility index (Phi) is 7.12. The number of hydrazine groups is 1. The number of ether oxygens (including phenoxy) is 1. The summed E-state index contributed by atoms with van der Waals surface area (Å²) in [6.45, 7) is 0. The van der Waals surface area contributed by atoms with Crippen molar-refractivity contribution in [1.29, 1.82) is 0 Å². The molecule has 0 bridgehead atoms. The summed E-state index contributed by atoms with van der Waals surface area (Å²) in [5, 5.41) is 3.22. The number of amides is 3. The van der Waals surface area contributed by atoms with Gasteiger partial charge in [0.1, 0.15) is 5.75 Å². The number of benzene rings is 3. The molecule has 0 radical (unpaired) electrons. The lowest BCUT2D eigenvalue weighted by Crippen LogP contribution is -2.41. The van der Waals surface area contributed by atoms with Gasteiger partial charge < -0.3 is 10.1 Å². The largest absolute Gasteiger partial charge is 0.497 e. The van der Waals surface area contributed by atoms with E-state index in [0.29, 0.717) is 16.3 Å². The first-order valence-electron chi connectivity index (χ1n) is 8.99. The highest BCUT2D eigenvalue weighted by Crippen LogP contribution is 2.23. The van der Waals surface area contributed by atoms with E-state index in [2.05, 4.69) is 16.2 Å². The van der Waals surface area contributed by atoms with Gasteiger partial charge in [-0.05, 0) is 54.6 Å². The second-order valence-electron chi connectivity index (χ2n) is 6.26. The summed E-state index contributed by atoms with van der Waals surface area (Å²) in [7, 11) is 1.52. The number of carbonyl (C=O) groups excluding carboxylic acids is 3. The maximum absolute atomic E-state index is 12.6. The van der Waals surface area contributed by atoms with Crippen LogP contribution in [0.4, 0.5) is 5.69 Å². The lowest BCUT2D eigenvalue weighted by atomic mass is 10.1. The summed E-state index contributed by atoms with van der Waals surface area (Å²) in [4.78, 5) is 37.4. The van der Waals surface area contributed by atoms with Crippen LogP contribution in [0.2, 0.25) is 10.0 Å². The summed E-state index contributed by atoms with van der Waals surface area (Å²) in [5.41, 5.74) is 5.60. The van der Waals surface area contributed by atoms with Gasteiger partial charge in [0.2, 0.25) is 0 Å². The average molecular weight is 458 g/mol. The van der Waals surface area contributed by atoms with E-state index in [-0.39, 0.29) is 21.8 Å². The molecule has 0 heterocycles. The van der Waals surface area contributed by atoms with E-state index >= 15 is 0 Å². The van der Waals surface area contributed by atoms with E-state index < -0.39 is 17.7 Å². The zero-order valence-electron chi connectivity index (χ0n) is 16.2. The van der Waals surface area contributed by atoms with E-state index in [1.807, 2.05) is 0 Å². The molecule has 0 aromatic heterocycles. The van der Waals surface area contributed by atoms with Crippen LogP contribution in [-0.2, 0) is 0 Å². The number of anilines is 1. The number of hydrogen-bond donors (Lipinski definition) is 3. The van der Waals surface area contributed by atoms with Crippen LogP contribution in [0.3, 0.4) is 0 Å². The molecule has 3 rings (SSSR count). The molecule has 0 atom stereocenters. The molecule has 0 aliphatic heterocycles. The molecule has 158 valence electrons. The second kappa shape index (κ2) is 9.97. The Labute approximate surface area is 188 Å². The van der Waals surface area contributed by atoms with Crippen LogP contribution in [0.5, 0.6) is 5.75 Å². The van der Waals surface area contributed by atoms with Crippen LogP contribution < -0.4 is 20.9 Å². The Balaban J connectivity index is 1.69. The number of halogens is 2. The molecule has 7 nitrogen and oxygen atoms in total. The summed E-state index contributed by atoms with van der Waals surface area (Å²) in [5.74, 6) is -1.03. The van der Waals surface area contributed by atoms with Gasteiger partial charge in [-0.1, -0.05) is 35.3 Å². The van der Waals surface area contributed by atoms with Crippen molar-refractivity contribution >= 4 is 46.6 Å². The maximum Gasteiger partial charge on any atom is 0.271 e. The number of para-hydroxylation sites is 1. The number of nitrogens with one attached hydrogen (secondary N) is 3. The van der Waals surface area contributed by atoms with Crippen molar-refractivity contribution in [2.24, 2.45) is 0 Å². The van der Waals surface area contributed by atoms with Gasteiger partial charge in [0.25, 0.3) is 17.7 Å². The first kappa shape index (κ1) is 22.1. The molecule has 0 unspecified atom stereocenters. The Morgan fingerprint density at radius 2 is 1.45 bits per heavy atom. The van der Waals surface area contributed by atoms with Crippen LogP contribution in [-0.4, -0.2) is 24.8 Å². The number of methoxy groups -OCH3 is 1. The van der Waals surface area contributed by atoms with Crippen molar-refractivity contribution < 1.29 is 19.1 Å². The number of hydrogen-bond acceptors (Lipinski definition) is 4. The fourth-order valence-electron chi connectivity index (χ4n) is 2.65. The van der Waals surface area contributed by atoms with Crippen molar-refractivity contribution in [3.8, 4) is 5.75 Å². The molecule has 0 aliphatic carbocycles. The third-order valence-electron chi connectivity index (χ3n) is 4.24. The Morgan fingerprint density at radius 1 is 0.774 bits per heavy atom. The van der Waals surface area contributed by atoms with E-state index in [9.17, 15) is 14.4 Å². The highest BCUT2D eigenvalue weighted by atomic mass is 35.5. The molecule has 3 amide bonds. The molecule has 3 N–H and O–H groups in total. The Morgan fingerprint density at radius 3 is 2.13 bits per heavy atom. The van der Waals surface area contributed by atoms with Gasteiger partial charge in [0, 0.05) is 10.6 Å². The van der Waals surface area contributed by atoms with Crippen LogP contribution >= 0.6 is 23.2 Å². The first-order chi connectivity index (χ1) is 14.9. The molecule has 0 saturated heterocycles. The fourth-order valence-corrected chi connectivity index (χ4v) is 3.14. The van der Waals surface area contributed by atoms with Crippen LogP contribution in [0, 0.1) is 0 Å². The van der Waals surface area contributed by atoms with E-state index in [1.54, 1.807) is 42.5 Å². The minimum atomic E-state index is -0.611. The van der Waals surface area contributed by atoms with Crippen molar-refractivity contribution in [2.75, 3.05) is 12.4 Å². The molecule has 0 saturated carbocycles. The van der Waals surface area contributed by atoms with Gasteiger partial charge >= 0.3 is 0 Å². The molecule has 3 aromatic carbocycles. The molecule has 3 aromatic rings. The quantitative estimate of drug-likeness (QED) is 0.496. The van der Waals surface area contributed by atoms with Crippen molar-refractivity contribution in [3.05, 3.63) is 93.5 Å². The molecule has 9 heteroatoms. The highest BCUT2D eigenvalue weighted by molar-refractivity contribution is 6.37. The minimum Gasteiger partial charge on any atom is -0.497 e. The third-order valence-corrected chi connectivity index (χ3v) is 4.79. The maximum atomic E-state index is 12.6. The minimum absolute atomic E-state index is 0.149. The molecule has 31 heavy (non-hydrogen) atoms. The van der Waals surface area contributed by atoms with Gasteiger partial charge in [-0.3, -0.25) is 25.2 Å². The zero-order chi connectivity index (χ0) is 22.4. The predicted molar refractivity (Wildman–Crippen MR) is 119 cm³/mol. The van der Waals surface area contributed by atoms with Crippen LogP contribution in [0.1, 0.15) is 31.1 Å². The summed E-state index contributed by atoms with van der Waals surface area (Å²) in [6, 6.07) is 17.2. The standard InChI is InChI=1S/C22H17Cl2N3O4/c1-31-15-9-6-13(7-10-15)20(28)26-27-22(30)17-4-2-3-5-19(17)25-21(29)16-11-8-14(23)12-18(16)24/h2-12H,1H3,(H,25,29)(H,26,28)(H,27,30). The van der Waals surface area contributed by atoms with Gasteiger partial charge in [-0.2, -0.15) is 0 Å². The van der Waals surface area contributed by atoms with Crippen molar-refractivity contribution in [1.82, 2.24) is 10.9 Å². The molecule has 0 fully saturated rings. The van der Waals surface area contributed by atoms with Gasteiger partial charge in [-0.25, -0.2) is 0 Å². The predicted octanol–water partition coefficient (Wildman–Crippen LogP) is 4.33. The van der Waals surface area contributed by atoms with Gasteiger partial charge in [-0.15, -0.1) is 0 Å². The molecule has 0 spiro atoms. The van der Waals surface area contributed by atoms with Crippen molar-refractivity contribution in [2.45, 2.75) is 0 Å². The monoisotopic (exact) mass is 457 g/mol. The summed E-state index contributed by atoms with van der Waals surface area (Å²) >= 11 is 11.9. The lowest BCUT2D eigenvalue weighted by Gasteiger charge is -2.13. The second-order valence-corrected chi connectivity index (χ2v) is 7.10. The van der Waals surface area contributed by atoms with E-state index in [1.165, 1.54) is 31.4 Å². The normalized spacial score (nSPS) is 10.2. The number of rotatable bonds is 5. The smallest absolute Gasteiger partial charge is 0.271 e.